The molecule has 1 saturated heterocycles. The number of likely N-dealkylation sites (tertiary alicyclic amines) is 1. The van der Waals surface area contributed by atoms with Crippen LogP contribution in [0.5, 0.6) is 0 Å². The van der Waals surface area contributed by atoms with E-state index < -0.39 is 0 Å². The third-order valence-corrected chi connectivity index (χ3v) is 3.97. The number of piperidine rings is 1. The van der Waals surface area contributed by atoms with E-state index in [1.54, 1.807) is 6.33 Å². The number of nitrogens with zero attached hydrogens (tertiary/aromatic N) is 5. The number of carbonyl (C=O) groups excluding carboxylic acids is 1. The molecule has 7 heteroatoms. The second kappa shape index (κ2) is 6.29. The first kappa shape index (κ1) is 14.7. The molecule has 1 N–H and O–H groups in total. The molecule has 3 rings (SSSR count). The minimum atomic E-state index is -0.00364. The van der Waals surface area contributed by atoms with Crippen LogP contribution in [0.4, 0.5) is 0 Å². The molecule has 1 aliphatic rings. The molecule has 0 unspecified atom stereocenters. The van der Waals surface area contributed by atoms with Gasteiger partial charge in [0.05, 0.1) is 6.04 Å². The Hall–Kier alpha value is -2.18. The standard InChI is InChI=1S/C15H22N6O/c1-11(2)6-12-7-14(19-18-12)15(22)20-5-3-4-13(8-20)21-10-16-9-17-21/h7,9-11,13H,3-6,8H2,1-2H3,(H,18,19)/t13-/m1/s1. The Morgan fingerprint density at radius 2 is 2.36 bits per heavy atom. The number of hydrogen-bond acceptors (Lipinski definition) is 4. The van der Waals surface area contributed by atoms with Crippen molar-refractivity contribution in [1.29, 1.82) is 0 Å². The molecule has 1 aliphatic heterocycles. The van der Waals surface area contributed by atoms with Crippen LogP contribution in [0, 0.1) is 5.92 Å². The first-order chi connectivity index (χ1) is 10.6. The van der Waals surface area contributed by atoms with Gasteiger partial charge in [-0.1, -0.05) is 13.8 Å². The van der Waals surface area contributed by atoms with E-state index in [9.17, 15) is 4.79 Å². The molecule has 0 radical (unpaired) electrons. The van der Waals surface area contributed by atoms with Crippen molar-refractivity contribution in [3.63, 3.8) is 0 Å². The third kappa shape index (κ3) is 3.18. The van der Waals surface area contributed by atoms with E-state index in [0.717, 1.165) is 31.5 Å². The lowest BCUT2D eigenvalue weighted by molar-refractivity contribution is 0.0666. The van der Waals surface area contributed by atoms with Crippen molar-refractivity contribution in [2.24, 2.45) is 5.92 Å². The topological polar surface area (TPSA) is 79.7 Å². The SMILES string of the molecule is CC(C)Cc1cc(C(=O)N2CCC[C@@H](n3cncn3)C2)n[nH]1. The fourth-order valence-electron chi connectivity index (χ4n) is 2.94. The summed E-state index contributed by atoms with van der Waals surface area (Å²) >= 11 is 0. The predicted octanol–water partition coefficient (Wildman–Crippen LogP) is 1.68. The number of hydrogen-bond donors (Lipinski definition) is 1. The van der Waals surface area contributed by atoms with Crippen molar-refractivity contribution in [1.82, 2.24) is 29.9 Å². The molecule has 3 heterocycles. The van der Waals surface area contributed by atoms with Crippen LogP contribution in [0.2, 0.25) is 0 Å². The number of carbonyl (C=O) groups is 1. The average molecular weight is 302 g/mol. The van der Waals surface area contributed by atoms with Gasteiger partial charge in [0, 0.05) is 18.8 Å². The summed E-state index contributed by atoms with van der Waals surface area (Å²) in [7, 11) is 0. The summed E-state index contributed by atoms with van der Waals surface area (Å²) in [6.45, 7) is 5.73. The van der Waals surface area contributed by atoms with Crippen LogP contribution >= 0.6 is 0 Å². The van der Waals surface area contributed by atoms with Gasteiger partial charge < -0.3 is 4.90 Å². The lowest BCUT2D eigenvalue weighted by Crippen LogP contribution is -2.41. The van der Waals surface area contributed by atoms with Gasteiger partial charge in [0.1, 0.15) is 18.3 Å². The van der Waals surface area contributed by atoms with Crippen LogP contribution in [0.25, 0.3) is 0 Å². The molecular weight excluding hydrogens is 280 g/mol. The van der Waals surface area contributed by atoms with E-state index in [1.165, 1.54) is 6.33 Å². The van der Waals surface area contributed by atoms with Crippen molar-refractivity contribution in [2.45, 2.75) is 39.2 Å². The van der Waals surface area contributed by atoms with E-state index in [2.05, 4.69) is 34.1 Å². The van der Waals surface area contributed by atoms with Gasteiger partial charge in [-0.05, 0) is 31.2 Å². The molecule has 2 aromatic heterocycles. The van der Waals surface area contributed by atoms with Crippen LogP contribution in [0.3, 0.4) is 0 Å². The van der Waals surface area contributed by atoms with Crippen LogP contribution in [-0.2, 0) is 6.42 Å². The lowest BCUT2D eigenvalue weighted by atomic mass is 10.1. The van der Waals surface area contributed by atoms with E-state index in [1.807, 2.05) is 15.6 Å². The summed E-state index contributed by atoms with van der Waals surface area (Å²) in [6.07, 6.45) is 6.15. The van der Waals surface area contributed by atoms with E-state index in [4.69, 9.17) is 0 Å². The van der Waals surface area contributed by atoms with Gasteiger partial charge in [0.25, 0.3) is 5.91 Å². The Labute approximate surface area is 129 Å². The quantitative estimate of drug-likeness (QED) is 0.932. The normalized spacial score (nSPS) is 18.9. The number of aromatic amines is 1. The predicted molar refractivity (Wildman–Crippen MR) is 81.3 cm³/mol. The molecular formula is C15H22N6O. The number of rotatable bonds is 4. The first-order valence-electron chi connectivity index (χ1n) is 7.81. The van der Waals surface area contributed by atoms with Crippen LogP contribution in [0.15, 0.2) is 18.7 Å². The van der Waals surface area contributed by atoms with Crippen LogP contribution in [-0.4, -0.2) is 48.9 Å². The summed E-state index contributed by atoms with van der Waals surface area (Å²) in [4.78, 5) is 18.5. The molecule has 1 amide bonds. The highest BCUT2D eigenvalue weighted by atomic mass is 16.2. The van der Waals surface area contributed by atoms with Crippen molar-refractivity contribution in [2.75, 3.05) is 13.1 Å². The molecule has 2 aromatic rings. The van der Waals surface area contributed by atoms with Crippen molar-refractivity contribution >= 4 is 5.91 Å². The van der Waals surface area contributed by atoms with E-state index in [0.29, 0.717) is 18.2 Å². The second-order valence-electron chi connectivity index (χ2n) is 6.30. The van der Waals surface area contributed by atoms with Gasteiger partial charge in [0.2, 0.25) is 0 Å². The van der Waals surface area contributed by atoms with Gasteiger partial charge in [-0.3, -0.25) is 9.89 Å². The Balaban J connectivity index is 1.67. The monoisotopic (exact) mass is 302 g/mol. The first-order valence-corrected chi connectivity index (χ1v) is 7.81. The highest BCUT2D eigenvalue weighted by molar-refractivity contribution is 5.92. The highest BCUT2D eigenvalue weighted by Crippen LogP contribution is 2.21. The highest BCUT2D eigenvalue weighted by Gasteiger charge is 2.27. The molecule has 0 aliphatic carbocycles. The molecule has 0 aromatic carbocycles. The second-order valence-corrected chi connectivity index (χ2v) is 6.30. The summed E-state index contributed by atoms with van der Waals surface area (Å²) < 4.78 is 1.84. The van der Waals surface area contributed by atoms with E-state index >= 15 is 0 Å². The van der Waals surface area contributed by atoms with Crippen molar-refractivity contribution < 1.29 is 4.79 Å². The Morgan fingerprint density at radius 1 is 1.50 bits per heavy atom. The molecule has 0 bridgehead atoms. The van der Waals surface area contributed by atoms with Crippen molar-refractivity contribution in [3.8, 4) is 0 Å². The fraction of sp³-hybridized carbons (Fsp3) is 0.600. The third-order valence-electron chi connectivity index (χ3n) is 3.97. The molecule has 118 valence electrons. The Kier molecular flexibility index (Phi) is 4.22. The summed E-state index contributed by atoms with van der Waals surface area (Å²) in [5.41, 5.74) is 1.53. The minimum absolute atomic E-state index is 0.00364. The molecule has 7 nitrogen and oxygen atoms in total. The maximum Gasteiger partial charge on any atom is 0.274 e. The molecule has 1 atom stereocenters. The molecule has 0 saturated carbocycles. The smallest absolute Gasteiger partial charge is 0.274 e. The van der Waals surface area contributed by atoms with Gasteiger partial charge in [-0.2, -0.15) is 10.2 Å². The lowest BCUT2D eigenvalue weighted by Gasteiger charge is -2.32. The largest absolute Gasteiger partial charge is 0.335 e. The molecule has 1 fully saturated rings. The number of nitrogens with one attached hydrogen (secondary N) is 1. The summed E-state index contributed by atoms with van der Waals surface area (Å²) in [5.74, 6) is 0.533. The van der Waals surface area contributed by atoms with Crippen LogP contribution < -0.4 is 0 Å². The maximum absolute atomic E-state index is 12.6. The molecule has 22 heavy (non-hydrogen) atoms. The Morgan fingerprint density at radius 3 is 3.09 bits per heavy atom. The zero-order chi connectivity index (χ0) is 15.5. The summed E-state index contributed by atoms with van der Waals surface area (Å²) in [6, 6.07) is 2.08. The van der Waals surface area contributed by atoms with Gasteiger partial charge >= 0.3 is 0 Å². The number of amides is 1. The maximum atomic E-state index is 12.6. The average Bonchev–Trinajstić information content (AvgIpc) is 3.17. The van der Waals surface area contributed by atoms with E-state index in [-0.39, 0.29) is 11.9 Å². The van der Waals surface area contributed by atoms with Gasteiger partial charge in [0.15, 0.2) is 0 Å². The zero-order valence-corrected chi connectivity index (χ0v) is 13.1. The fourth-order valence-corrected chi connectivity index (χ4v) is 2.94. The van der Waals surface area contributed by atoms with Gasteiger partial charge in [-0.25, -0.2) is 9.67 Å². The van der Waals surface area contributed by atoms with Crippen molar-refractivity contribution in [3.05, 3.63) is 30.1 Å². The number of H-pyrrole nitrogens is 1. The summed E-state index contributed by atoms with van der Waals surface area (Å²) in [5, 5.41) is 11.3. The Bertz CT molecular complexity index is 618. The minimum Gasteiger partial charge on any atom is -0.335 e. The van der Waals surface area contributed by atoms with Gasteiger partial charge in [-0.15, -0.1) is 0 Å². The zero-order valence-electron chi connectivity index (χ0n) is 13.1. The number of aromatic nitrogens is 5. The van der Waals surface area contributed by atoms with Crippen LogP contribution in [0.1, 0.15) is 48.9 Å². The molecule has 0 spiro atoms.